The molecule has 25 heavy (non-hydrogen) atoms. The topological polar surface area (TPSA) is 66.2 Å². The van der Waals surface area contributed by atoms with Crippen LogP contribution in [-0.4, -0.2) is 40.3 Å². The molecule has 7 heteroatoms. The van der Waals surface area contributed by atoms with Gasteiger partial charge in [-0.15, -0.1) is 6.58 Å². The Balaban J connectivity index is 1.84. The molecule has 5 nitrogen and oxygen atoms in total. The molecule has 4 atom stereocenters. The lowest BCUT2D eigenvalue weighted by Crippen LogP contribution is -2.29. The molecule has 1 heterocycles. The van der Waals surface area contributed by atoms with E-state index in [1.165, 1.54) is 0 Å². The Morgan fingerprint density at radius 3 is 2.40 bits per heavy atom. The van der Waals surface area contributed by atoms with Crippen molar-refractivity contribution in [2.75, 3.05) is 6.54 Å². The molecule has 1 aliphatic heterocycles. The van der Waals surface area contributed by atoms with Crippen molar-refractivity contribution in [3.63, 3.8) is 0 Å². The fourth-order valence-electron chi connectivity index (χ4n) is 2.70. The first-order valence-electron chi connectivity index (χ1n) is 8.47. The van der Waals surface area contributed by atoms with Gasteiger partial charge in [0, 0.05) is 12.6 Å². The Bertz CT molecular complexity index is 737. The highest BCUT2D eigenvalue weighted by Crippen LogP contribution is 2.38. The van der Waals surface area contributed by atoms with Crippen molar-refractivity contribution >= 4 is 21.0 Å². The van der Waals surface area contributed by atoms with Gasteiger partial charge < -0.3 is 0 Å². The molecule has 0 aromatic heterocycles. The van der Waals surface area contributed by atoms with Gasteiger partial charge in [0.05, 0.1) is 15.7 Å². The van der Waals surface area contributed by atoms with E-state index in [1.807, 2.05) is 38.1 Å². The summed E-state index contributed by atoms with van der Waals surface area (Å²) in [6.07, 6.45) is 3.30. The molecular formula is C18H28N2O3S2. The minimum atomic E-state index is -3.47. The van der Waals surface area contributed by atoms with Crippen LogP contribution >= 0.6 is 0 Å². The summed E-state index contributed by atoms with van der Waals surface area (Å²) < 4.78 is 41.3. The van der Waals surface area contributed by atoms with Crippen molar-refractivity contribution in [3.8, 4) is 0 Å². The summed E-state index contributed by atoms with van der Waals surface area (Å²) in [5.74, 6) is 0. The van der Waals surface area contributed by atoms with Crippen LogP contribution in [0.15, 0.2) is 41.8 Å². The molecule has 0 amide bonds. The minimum Gasteiger partial charge on any atom is -0.242 e. The zero-order chi connectivity index (χ0) is 18.8. The van der Waals surface area contributed by atoms with E-state index in [1.54, 1.807) is 24.3 Å². The van der Waals surface area contributed by atoms with Gasteiger partial charge in [-0.2, -0.15) is 0 Å². The van der Waals surface area contributed by atoms with E-state index >= 15 is 0 Å². The summed E-state index contributed by atoms with van der Waals surface area (Å²) >= 11 is 0. The van der Waals surface area contributed by atoms with Gasteiger partial charge in [0.1, 0.15) is 11.0 Å². The highest BCUT2D eigenvalue weighted by molar-refractivity contribution is 7.89. The smallest absolute Gasteiger partial charge is 0.240 e. The van der Waals surface area contributed by atoms with Crippen LogP contribution in [0, 0.1) is 6.92 Å². The summed E-state index contributed by atoms with van der Waals surface area (Å²) in [4.78, 5) is 0.281. The summed E-state index contributed by atoms with van der Waals surface area (Å²) in [6.45, 7) is 12.0. The Morgan fingerprint density at radius 1 is 1.28 bits per heavy atom. The summed E-state index contributed by atoms with van der Waals surface area (Å²) in [5, 5.41) is 0. The van der Waals surface area contributed by atoms with E-state index in [2.05, 4.69) is 11.3 Å². The predicted octanol–water partition coefficient (Wildman–Crippen LogP) is 2.75. The van der Waals surface area contributed by atoms with E-state index in [4.69, 9.17) is 0 Å². The summed E-state index contributed by atoms with van der Waals surface area (Å²) in [5.41, 5.74) is 1.02. The molecule has 1 aromatic carbocycles. The molecule has 1 N–H and O–H groups in total. The Hall–Kier alpha value is -1.02. The summed E-state index contributed by atoms with van der Waals surface area (Å²) in [7, 11) is -4.54. The van der Waals surface area contributed by atoms with E-state index in [0.29, 0.717) is 13.0 Å². The maximum atomic E-state index is 12.5. The molecule has 2 rings (SSSR count). The number of benzene rings is 1. The average molecular weight is 385 g/mol. The molecule has 1 saturated heterocycles. The van der Waals surface area contributed by atoms with Crippen molar-refractivity contribution in [2.24, 2.45) is 0 Å². The van der Waals surface area contributed by atoms with Gasteiger partial charge >= 0.3 is 0 Å². The van der Waals surface area contributed by atoms with Gasteiger partial charge in [0.25, 0.3) is 0 Å². The van der Waals surface area contributed by atoms with Crippen molar-refractivity contribution in [3.05, 3.63) is 42.5 Å². The van der Waals surface area contributed by atoms with Crippen LogP contribution in [0.5, 0.6) is 0 Å². The Morgan fingerprint density at radius 2 is 1.88 bits per heavy atom. The van der Waals surface area contributed by atoms with E-state index in [9.17, 15) is 12.6 Å². The second kappa shape index (κ2) is 7.70. The van der Waals surface area contributed by atoms with Crippen LogP contribution in [0.1, 0.15) is 39.2 Å². The number of hydrogen-bond donors (Lipinski definition) is 1. The second-order valence-electron chi connectivity index (χ2n) is 7.37. The van der Waals surface area contributed by atoms with E-state index < -0.39 is 21.0 Å². The first-order chi connectivity index (χ1) is 11.6. The first-order valence-corrected chi connectivity index (χ1v) is 11.1. The first kappa shape index (κ1) is 20.3. The number of rotatable bonds is 8. The third kappa shape index (κ3) is 5.00. The fourth-order valence-corrected chi connectivity index (χ4v) is 5.28. The predicted molar refractivity (Wildman–Crippen MR) is 103 cm³/mol. The molecular weight excluding hydrogens is 356 g/mol. The molecule has 0 aliphatic carbocycles. The van der Waals surface area contributed by atoms with Crippen LogP contribution in [0.3, 0.4) is 0 Å². The maximum absolute atomic E-state index is 12.5. The normalized spacial score (nSPS) is 24.7. The highest BCUT2D eigenvalue weighted by atomic mass is 32.2. The van der Waals surface area contributed by atoms with Crippen LogP contribution in [0.4, 0.5) is 0 Å². The number of aryl methyl sites for hydroxylation is 1. The van der Waals surface area contributed by atoms with Crippen LogP contribution < -0.4 is 4.72 Å². The van der Waals surface area contributed by atoms with Gasteiger partial charge in [0.15, 0.2) is 0 Å². The van der Waals surface area contributed by atoms with Crippen molar-refractivity contribution in [1.82, 2.24) is 9.03 Å². The molecule has 0 radical (unpaired) electrons. The lowest BCUT2D eigenvalue weighted by molar-refractivity contribution is 0.567. The standard InChI is InChI=1S/C18H28N2O3S2/c1-6-16-17(20(16)24(21)18(3,4)5)8-7-13-19-25(22,23)15-11-9-14(2)10-12-15/h6,9-12,16-17,19H,1,7-8,13H2,2-5H3/t16-,17+,20?,24?/m1/s1. The Kier molecular flexibility index (Phi) is 6.25. The van der Waals surface area contributed by atoms with Crippen LogP contribution in [-0.2, 0) is 21.0 Å². The molecule has 1 fully saturated rings. The van der Waals surface area contributed by atoms with Gasteiger partial charge in [-0.25, -0.2) is 21.7 Å². The van der Waals surface area contributed by atoms with Gasteiger partial charge in [-0.3, -0.25) is 0 Å². The molecule has 0 saturated carbocycles. The lowest BCUT2D eigenvalue weighted by atomic mass is 10.2. The third-order valence-electron chi connectivity index (χ3n) is 4.18. The van der Waals surface area contributed by atoms with Crippen molar-refractivity contribution in [2.45, 2.75) is 62.3 Å². The van der Waals surface area contributed by atoms with Crippen molar-refractivity contribution in [1.29, 1.82) is 0 Å². The van der Waals surface area contributed by atoms with Gasteiger partial charge in [-0.1, -0.05) is 23.8 Å². The number of hydrogen-bond acceptors (Lipinski definition) is 3. The Labute approximate surface area is 154 Å². The third-order valence-corrected chi connectivity index (χ3v) is 7.60. The lowest BCUT2D eigenvalue weighted by Gasteiger charge is -2.18. The monoisotopic (exact) mass is 384 g/mol. The number of sulfonamides is 1. The van der Waals surface area contributed by atoms with Gasteiger partial charge in [-0.05, 0) is 52.7 Å². The fraction of sp³-hybridized carbons (Fsp3) is 0.556. The summed E-state index contributed by atoms with van der Waals surface area (Å²) in [6, 6.07) is 7.09. The number of nitrogens with zero attached hydrogens (tertiary/aromatic N) is 1. The van der Waals surface area contributed by atoms with E-state index in [-0.39, 0.29) is 21.7 Å². The molecule has 1 aliphatic rings. The number of nitrogens with one attached hydrogen (secondary N) is 1. The quantitative estimate of drug-likeness (QED) is 0.426. The largest absolute Gasteiger partial charge is 0.242 e. The minimum absolute atomic E-state index is 0.119. The zero-order valence-electron chi connectivity index (χ0n) is 15.4. The molecule has 140 valence electrons. The zero-order valence-corrected chi connectivity index (χ0v) is 17.0. The maximum Gasteiger partial charge on any atom is 0.240 e. The van der Waals surface area contributed by atoms with Crippen LogP contribution in [0.25, 0.3) is 0 Å². The van der Waals surface area contributed by atoms with Gasteiger partial charge in [0.2, 0.25) is 10.0 Å². The molecule has 0 spiro atoms. The molecule has 0 bridgehead atoms. The average Bonchev–Trinajstić information content (AvgIpc) is 3.23. The van der Waals surface area contributed by atoms with Crippen LogP contribution in [0.2, 0.25) is 0 Å². The second-order valence-corrected chi connectivity index (χ2v) is 11.3. The highest BCUT2D eigenvalue weighted by Gasteiger charge is 2.51. The molecule has 1 aromatic rings. The SMILES string of the molecule is C=C[C@@H]1[C@H](CCCNS(=O)(=O)c2ccc(C)cc2)N1S(=O)C(C)(C)C. The van der Waals surface area contributed by atoms with Crippen molar-refractivity contribution < 1.29 is 12.6 Å². The van der Waals surface area contributed by atoms with E-state index in [0.717, 1.165) is 12.0 Å². The molecule has 2 unspecified atom stereocenters.